The summed E-state index contributed by atoms with van der Waals surface area (Å²) >= 11 is 0. The van der Waals surface area contributed by atoms with Gasteiger partial charge in [0.15, 0.2) is 0 Å². The van der Waals surface area contributed by atoms with Crippen LogP contribution in [0, 0.1) is 5.82 Å². The standard InChI is InChI=1S/C22H21FN4/c1-22(2,14-24)17-5-8-19-20(15-9-11-25-12-10-15)21(26-27(19)13-17)16-3-6-18(23)7-4-16/h3-13H,14,24H2,1-2H3. The lowest BCUT2D eigenvalue weighted by molar-refractivity contribution is 0.535. The summed E-state index contributed by atoms with van der Waals surface area (Å²) < 4.78 is 15.3. The van der Waals surface area contributed by atoms with Gasteiger partial charge in [0.25, 0.3) is 0 Å². The maximum Gasteiger partial charge on any atom is 0.123 e. The number of rotatable bonds is 4. The average Bonchev–Trinajstić information content (AvgIpc) is 3.08. The van der Waals surface area contributed by atoms with E-state index >= 15 is 0 Å². The van der Waals surface area contributed by atoms with Crippen LogP contribution in [-0.4, -0.2) is 21.1 Å². The lowest BCUT2D eigenvalue weighted by Gasteiger charge is -2.22. The molecule has 0 unspecified atom stereocenters. The van der Waals surface area contributed by atoms with Crippen molar-refractivity contribution in [1.29, 1.82) is 0 Å². The van der Waals surface area contributed by atoms with Crippen molar-refractivity contribution in [2.75, 3.05) is 6.54 Å². The van der Waals surface area contributed by atoms with Crippen LogP contribution in [0.15, 0.2) is 67.1 Å². The predicted octanol–water partition coefficient (Wildman–Crippen LogP) is 4.44. The normalized spacial score (nSPS) is 11.9. The molecule has 0 amide bonds. The summed E-state index contributed by atoms with van der Waals surface area (Å²) in [5.41, 5.74) is 11.6. The molecule has 0 spiro atoms. The van der Waals surface area contributed by atoms with Crippen LogP contribution in [0.2, 0.25) is 0 Å². The second-order valence-corrected chi connectivity index (χ2v) is 7.30. The number of aromatic nitrogens is 3. The Morgan fingerprint density at radius 1 is 0.963 bits per heavy atom. The molecule has 1 aromatic carbocycles. The minimum Gasteiger partial charge on any atom is -0.330 e. The first kappa shape index (κ1) is 17.4. The third kappa shape index (κ3) is 3.11. The zero-order chi connectivity index (χ0) is 19.0. The summed E-state index contributed by atoms with van der Waals surface area (Å²) in [5.74, 6) is -0.264. The van der Waals surface area contributed by atoms with Crippen molar-refractivity contribution < 1.29 is 4.39 Å². The minimum atomic E-state index is -0.264. The van der Waals surface area contributed by atoms with Crippen LogP contribution in [-0.2, 0) is 5.41 Å². The summed E-state index contributed by atoms with van der Waals surface area (Å²) in [6.07, 6.45) is 5.55. The second kappa shape index (κ2) is 6.59. The van der Waals surface area contributed by atoms with Crippen LogP contribution in [0.5, 0.6) is 0 Å². The van der Waals surface area contributed by atoms with Crippen LogP contribution in [0.1, 0.15) is 19.4 Å². The lowest BCUT2D eigenvalue weighted by atomic mass is 9.86. The van der Waals surface area contributed by atoms with E-state index in [1.807, 2.05) is 22.8 Å². The van der Waals surface area contributed by atoms with E-state index in [2.05, 4.69) is 31.0 Å². The van der Waals surface area contributed by atoms with Gasteiger partial charge in [0.1, 0.15) is 11.5 Å². The molecule has 136 valence electrons. The number of fused-ring (bicyclic) bond motifs is 1. The summed E-state index contributed by atoms with van der Waals surface area (Å²) in [5, 5.41) is 4.83. The number of hydrogen-bond acceptors (Lipinski definition) is 3. The molecule has 5 heteroatoms. The maximum absolute atomic E-state index is 13.4. The molecular formula is C22H21FN4. The van der Waals surface area contributed by atoms with Crippen LogP contribution < -0.4 is 5.73 Å². The van der Waals surface area contributed by atoms with Crippen LogP contribution >= 0.6 is 0 Å². The molecule has 2 N–H and O–H groups in total. The first-order chi connectivity index (χ1) is 13.0. The highest BCUT2D eigenvalue weighted by molar-refractivity contribution is 5.92. The van der Waals surface area contributed by atoms with E-state index in [1.54, 1.807) is 24.5 Å². The number of hydrogen-bond donors (Lipinski definition) is 1. The largest absolute Gasteiger partial charge is 0.330 e. The van der Waals surface area contributed by atoms with Crippen LogP contribution in [0.4, 0.5) is 4.39 Å². The van der Waals surface area contributed by atoms with Gasteiger partial charge in [-0.15, -0.1) is 0 Å². The predicted molar refractivity (Wildman–Crippen MR) is 106 cm³/mol. The van der Waals surface area contributed by atoms with Gasteiger partial charge in [0.05, 0.1) is 5.52 Å². The summed E-state index contributed by atoms with van der Waals surface area (Å²) in [7, 11) is 0. The Kier molecular flexibility index (Phi) is 4.24. The summed E-state index contributed by atoms with van der Waals surface area (Å²) in [6, 6.07) is 14.5. The Morgan fingerprint density at radius 2 is 1.67 bits per heavy atom. The van der Waals surface area contributed by atoms with Crippen molar-refractivity contribution >= 4 is 5.52 Å². The van der Waals surface area contributed by atoms with Gasteiger partial charge in [0, 0.05) is 41.7 Å². The molecule has 4 nitrogen and oxygen atoms in total. The topological polar surface area (TPSA) is 56.2 Å². The second-order valence-electron chi connectivity index (χ2n) is 7.30. The Labute approximate surface area is 157 Å². The molecule has 27 heavy (non-hydrogen) atoms. The van der Waals surface area contributed by atoms with Gasteiger partial charge in [-0.2, -0.15) is 5.10 Å². The fourth-order valence-corrected chi connectivity index (χ4v) is 3.18. The molecule has 4 aromatic rings. The first-order valence-corrected chi connectivity index (χ1v) is 8.89. The first-order valence-electron chi connectivity index (χ1n) is 8.89. The Hall–Kier alpha value is -3.05. The van der Waals surface area contributed by atoms with E-state index in [0.717, 1.165) is 33.5 Å². The van der Waals surface area contributed by atoms with Gasteiger partial charge in [0.2, 0.25) is 0 Å². The molecule has 3 aromatic heterocycles. The number of halogens is 1. The zero-order valence-electron chi connectivity index (χ0n) is 15.4. The van der Waals surface area contributed by atoms with Crippen molar-refractivity contribution in [1.82, 2.24) is 14.6 Å². The Balaban J connectivity index is 1.99. The maximum atomic E-state index is 13.4. The van der Waals surface area contributed by atoms with Crippen LogP contribution in [0.25, 0.3) is 27.9 Å². The molecule has 0 bridgehead atoms. The number of pyridine rings is 2. The molecule has 0 aliphatic heterocycles. The third-order valence-corrected chi connectivity index (χ3v) is 5.01. The molecule has 0 atom stereocenters. The third-order valence-electron chi connectivity index (χ3n) is 5.01. The number of benzene rings is 1. The SMILES string of the molecule is CC(C)(CN)c1ccc2c(-c3ccncc3)c(-c3ccc(F)cc3)nn2c1. The van der Waals surface area contributed by atoms with E-state index in [-0.39, 0.29) is 11.2 Å². The van der Waals surface area contributed by atoms with E-state index < -0.39 is 0 Å². The van der Waals surface area contributed by atoms with Gasteiger partial charge < -0.3 is 5.73 Å². The highest BCUT2D eigenvalue weighted by Crippen LogP contribution is 2.36. The Bertz CT molecular complexity index is 1080. The van der Waals surface area contributed by atoms with Crippen LogP contribution in [0.3, 0.4) is 0 Å². The molecule has 3 heterocycles. The van der Waals surface area contributed by atoms with Gasteiger partial charge in [-0.3, -0.25) is 4.98 Å². The average molecular weight is 360 g/mol. The highest BCUT2D eigenvalue weighted by Gasteiger charge is 2.22. The Morgan fingerprint density at radius 3 is 2.33 bits per heavy atom. The quantitative estimate of drug-likeness (QED) is 0.585. The fourth-order valence-electron chi connectivity index (χ4n) is 3.18. The number of nitrogens with zero attached hydrogens (tertiary/aromatic N) is 3. The van der Waals surface area contributed by atoms with E-state index in [9.17, 15) is 4.39 Å². The van der Waals surface area contributed by atoms with Crippen molar-refractivity contribution in [3.63, 3.8) is 0 Å². The van der Waals surface area contributed by atoms with E-state index in [1.165, 1.54) is 12.1 Å². The molecule has 4 rings (SSSR count). The molecule has 0 aliphatic rings. The summed E-state index contributed by atoms with van der Waals surface area (Å²) in [4.78, 5) is 4.12. The van der Waals surface area contributed by atoms with Gasteiger partial charge in [-0.1, -0.05) is 19.9 Å². The molecule has 0 radical (unpaired) electrons. The van der Waals surface area contributed by atoms with E-state index in [0.29, 0.717) is 6.54 Å². The summed E-state index contributed by atoms with van der Waals surface area (Å²) in [6.45, 7) is 4.77. The molecule has 0 saturated carbocycles. The fraction of sp³-hybridized carbons (Fsp3) is 0.182. The molecule has 0 saturated heterocycles. The molecular weight excluding hydrogens is 339 g/mol. The van der Waals surface area contributed by atoms with Gasteiger partial charge in [-0.25, -0.2) is 8.91 Å². The van der Waals surface area contributed by atoms with Crippen molar-refractivity contribution in [2.45, 2.75) is 19.3 Å². The van der Waals surface area contributed by atoms with E-state index in [4.69, 9.17) is 10.8 Å². The van der Waals surface area contributed by atoms with Gasteiger partial charge in [-0.05, 0) is 53.6 Å². The number of nitrogens with two attached hydrogens (primary N) is 1. The highest BCUT2D eigenvalue weighted by atomic mass is 19.1. The van der Waals surface area contributed by atoms with Gasteiger partial charge >= 0.3 is 0 Å². The molecule has 0 fully saturated rings. The monoisotopic (exact) mass is 360 g/mol. The lowest BCUT2D eigenvalue weighted by Crippen LogP contribution is -2.28. The zero-order valence-corrected chi connectivity index (χ0v) is 15.4. The smallest absolute Gasteiger partial charge is 0.123 e. The van der Waals surface area contributed by atoms with Crippen molar-refractivity contribution in [3.8, 4) is 22.4 Å². The van der Waals surface area contributed by atoms with Crippen molar-refractivity contribution in [3.05, 3.63) is 78.5 Å². The minimum absolute atomic E-state index is 0.146. The van der Waals surface area contributed by atoms with Crippen molar-refractivity contribution in [2.24, 2.45) is 5.73 Å². The molecule has 0 aliphatic carbocycles.